The molecular weight excluding hydrogens is 336 g/mol. The summed E-state index contributed by atoms with van der Waals surface area (Å²) >= 11 is 0. The normalized spacial score (nSPS) is 12.7. The van der Waals surface area contributed by atoms with Gasteiger partial charge in [0.15, 0.2) is 0 Å². The highest BCUT2D eigenvalue weighted by Gasteiger charge is 2.25. The summed E-state index contributed by atoms with van der Waals surface area (Å²) in [5.41, 5.74) is 2.33. The molecule has 3 rings (SSSR count). The predicted octanol–water partition coefficient (Wildman–Crippen LogP) is 4.46. The van der Waals surface area contributed by atoms with Gasteiger partial charge in [0.2, 0.25) is 0 Å². The van der Waals surface area contributed by atoms with Crippen LogP contribution in [0.5, 0.6) is 5.75 Å². The Bertz CT molecular complexity index is 981. The average molecular weight is 354 g/mol. The quantitative estimate of drug-likeness (QED) is 0.679. The summed E-state index contributed by atoms with van der Waals surface area (Å²) in [6, 6.07) is 20.9. The third-order valence-corrected chi connectivity index (χ3v) is 5.15. The van der Waals surface area contributed by atoms with E-state index >= 15 is 0 Å². The molecular formula is C20H18O4S. The molecule has 0 saturated carbocycles. The molecule has 25 heavy (non-hydrogen) atoms. The maximum atomic E-state index is 11.9. The zero-order chi connectivity index (χ0) is 18.0. The Hall–Kier alpha value is -2.63. The molecule has 0 radical (unpaired) electrons. The van der Waals surface area contributed by atoms with E-state index < -0.39 is 10.1 Å². The third kappa shape index (κ3) is 3.43. The Balaban J connectivity index is 2.35. The molecule has 4 nitrogen and oxygen atoms in total. The van der Waals surface area contributed by atoms with E-state index in [0.29, 0.717) is 16.7 Å². The van der Waals surface area contributed by atoms with E-state index in [0.717, 1.165) is 5.56 Å². The lowest BCUT2D eigenvalue weighted by molar-refractivity contribution is 0.464. The van der Waals surface area contributed by atoms with Crippen LogP contribution in [0.15, 0.2) is 77.7 Å². The molecule has 0 aliphatic heterocycles. The molecule has 0 aliphatic carbocycles. The van der Waals surface area contributed by atoms with E-state index in [1.165, 1.54) is 12.1 Å². The van der Waals surface area contributed by atoms with Crippen LogP contribution in [-0.4, -0.2) is 18.1 Å². The molecule has 0 aromatic heterocycles. The standard InChI is InChI=1S/C20H18O4S/c1-14(15-8-4-2-5-9-15)19-17(21)12-13-18(25(22,23)24)20(19)16-10-6-3-7-11-16/h2-14,21H,1H3,(H,22,23,24). The highest BCUT2D eigenvalue weighted by atomic mass is 32.2. The number of aromatic hydroxyl groups is 1. The molecule has 3 aromatic carbocycles. The fourth-order valence-corrected chi connectivity index (χ4v) is 3.78. The van der Waals surface area contributed by atoms with Crippen molar-refractivity contribution in [1.82, 2.24) is 0 Å². The number of phenols is 1. The largest absolute Gasteiger partial charge is 0.508 e. The lowest BCUT2D eigenvalue weighted by Gasteiger charge is -2.21. The molecule has 0 saturated heterocycles. The minimum atomic E-state index is -4.45. The zero-order valence-corrected chi connectivity index (χ0v) is 14.4. The first-order valence-corrected chi connectivity index (χ1v) is 9.27. The monoisotopic (exact) mass is 354 g/mol. The molecule has 0 heterocycles. The molecule has 2 N–H and O–H groups in total. The van der Waals surface area contributed by atoms with Gasteiger partial charge in [0.05, 0.1) is 0 Å². The lowest BCUT2D eigenvalue weighted by atomic mass is 9.86. The van der Waals surface area contributed by atoms with Crippen LogP contribution < -0.4 is 0 Å². The lowest BCUT2D eigenvalue weighted by Crippen LogP contribution is -2.07. The molecule has 0 aliphatic rings. The first-order chi connectivity index (χ1) is 11.9. The topological polar surface area (TPSA) is 74.6 Å². The van der Waals surface area contributed by atoms with Gasteiger partial charge in [0, 0.05) is 17.0 Å². The summed E-state index contributed by atoms with van der Waals surface area (Å²) in [6.45, 7) is 1.89. The summed E-state index contributed by atoms with van der Waals surface area (Å²) in [4.78, 5) is -0.214. The Morgan fingerprint density at radius 2 is 1.40 bits per heavy atom. The highest BCUT2D eigenvalue weighted by Crippen LogP contribution is 2.42. The van der Waals surface area contributed by atoms with E-state index in [2.05, 4.69) is 0 Å². The van der Waals surface area contributed by atoms with Crippen LogP contribution in [0.4, 0.5) is 0 Å². The summed E-state index contributed by atoms with van der Waals surface area (Å²) in [5, 5.41) is 10.5. The van der Waals surface area contributed by atoms with Crippen molar-refractivity contribution >= 4 is 10.1 Å². The number of rotatable bonds is 4. The zero-order valence-electron chi connectivity index (χ0n) is 13.6. The van der Waals surface area contributed by atoms with Crippen molar-refractivity contribution in [3.63, 3.8) is 0 Å². The second kappa shape index (κ2) is 6.70. The smallest absolute Gasteiger partial charge is 0.295 e. The fraction of sp³-hybridized carbons (Fsp3) is 0.100. The summed E-state index contributed by atoms with van der Waals surface area (Å²) < 4.78 is 33.5. The van der Waals surface area contributed by atoms with Gasteiger partial charge in [-0.3, -0.25) is 4.55 Å². The van der Waals surface area contributed by atoms with Gasteiger partial charge in [-0.15, -0.1) is 0 Å². The molecule has 0 amide bonds. The minimum absolute atomic E-state index is 0.0115. The third-order valence-electron chi connectivity index (χ3n) is 4.26. The van der Waals surface area contributed by atoms with Gasteiger partial charge in [-0.2, -0.15) is 8.42 Å². The SMILES string of the molecule is CC(c1ccccc1)c1c(O)ccc(S(=O)(=O)O)c1-c1ccccc1. The number of benzene rings is 3. The summed E-state index contributed by atoms with van der Waals surface area (Å²) in [6.07, 6.45) is 0. The van der Waals surface area contributed by atoms with Crippen molar-refractivity contribution in [2.75, 3.05) is 0 Å². The van der Waals surface area contributed by atoms with Gasteiger partial charge in [0.25, 0.3) is 10.1 Å². The highest BCUT2D eigenvalue weighted by molar-refractivity contribution is 7.86. The molecule has 5 heteroatoms. The van der Waals surface area contributed by atoms with E-state index in [1.54, 1.807) is 24.3 Å². The molecule has 3 aromatic rings. The van der Waals surface area contributed by atoms with Crippen LogP contribution in [0.25, 0.3) is 11.1 Å². The van der Waals surface area contributed by atoms with Gasteiger partial charge in [-0.25, -0.2) is 0 Å². The Morgan fingerprint density at radius 1 is 0.840 bits per heavy atom. The van der Waals surface area contributed by atoms with Crippen LogP contribution in [0.3, 0.4) is 0 Å². The van der Waals surface area contributed by atoms with Gasteiger partial charge >= 0.3 is 0 Å². The van der Waals surface area contributed by atoms with Gasteiger partial charge in [-0.1, -0.05) is 67.6 Å². The minimum Gasteiger partial charge on any atom is -0.508 e. The summed E-state index contributed by atoms with van der Waals surface area (Å²) in [7, 11) is -4.45. The van der Waals surface area contributed by atoms with Crippen molar-refractivity contribution in [3.8, 4) is 16.9 Å². The van der Waals surface area contributed by atoms with Crippen LogP contribution in [0.1, 0.15) is 24.0 Å². The van der Waals surface area contributed by atoms with Gasteiger partial charge in [-0.05, 0) is 23.3 Å². The Kier molecular flexibility index (Phi) is 4.61. The van der Waals surface area contributed by atoms with Gasteiger partial charge in [0.1, 0.15) is 10.6 Å². The van der Waals surface area contributed by atoms with Crippen molar-refractivity contribution in [2.45, 2.75) is 17.7 Å². The van der Waals surface area contributed by atoms with Crippen molar-refractivity contribution in [1.29, 1.82) is 0 Å². The van der Waals surface area contributed by atoms with E-state index in [4.69, 9.17) is 0 Å². The number of phenolic OH excluding ortho intramolecular Hbond substituents is 1. The molecule has 1 atom stereocenters. The van der Waals surface area contributed by atoms with Crippen LogP contribution in [0.2, 0.25) is 0 Å². The first kappa shape index (κ1) is 17.2. The molecule has 128 valence electrons. The van der Waals surface area contributed by atoms with E-state index in [1.807, 2.05) is 43.3 Å². The average Bonchev–Trinajstić information content (AvgIpc) is 2.61. The Labute approximate surface area is 147 Å². The summed E-state index contributed by atoms with van der Waals surface area (Å²) in [5.74, 6) is -0.277. The molecule has 1 unspecified atom stereocenters. The number of hydrogen-bond acceptors (Lipinski definition) is 3. The van der Waals surface area contributed by atoms with Crippen molar-refractivity contribution in [3.05, 3.63) is 83.9 Å². The van der Waals surface area contributed by atoms with E-state index in [-0.39, 0.29) is 16.6 Å². The molecule has 0 spiro atoms. The molecule has 0 bridgehead atoms. The van der Waals surface area contributed by atoms with Crippen molar-refractivity contribution < 1.29 is 18.1 Å². The van der Waals surface area contributed by atoms with Crippen LogP contribution in [0, 0.1) is 0 Å². The number of hydrogen-bond donors (Lipinski definition) is 2. The maximum Gasteiger partial charge on any atom is 0.295 e. The van der Waals surface area contributed by atoms with Crippen LogP contribution >= 0.6 is 0 Å². The second-order valence-corrected chi connectivity index (χ2v) is 7.23. The Morgan fingerprint density at radius 3 is 1.96 bits per heavy atom. The van der Waals surface area contributed by atoms with Crippen molar-refractivity contribution in [2.24, 2.45) is 0 Å². The van der Waals surface area contributed by atoms with Gasteiger partial charge < -0.3 is 5.11 Å². The first-order valence-electron chi connectivity index (χ1n) is 7.83. The second-order valence-electron chi connectivity index (χ2n) is 5.84. The predicted molar refractivity (Wildman–Crippen MR) is 97.3 cm³/mol. The van der Waals surface area contributed by atoms with E-state index in [9.17, 15) is 18.1 Å². The molecule has 0 fully saturated rings. The van der Waals surface area contributed by atoms with Crippen LogP contribution in [-0.2, 0) is 10.1 Å². The maximum absolute atomic E-state index is 11.9. The fourth-order valence-electron chi connectivity index (χ4n) is 3.05.